The molecule has 1 unspecified atom stereocenters. The lowest BCUT2D eigenvalue weighted by Gasteiger charge is -2.32. The van der Waals surface area contributed by atoms with E-state index in [1.807, 2.05) is 37.0 Å². The van der Waals surface area contributed by atoms with Gasteiger partial charge in [-0.1, -0.05) is 30.3 Å². The fourth-order valence-electron chi connectivity index (χ4n) is 1.91. The van der Waals surface area contributed by atoms with E-state index in [9.17, 15) is 5.11 Å². The number of aliphatic hydroxyl groups is 1. The molecule has 0 fully saturated rings. The Hall–Kier alpha value is -0.550. The van der Waals surface area contributed by atoms with Crippen LogP contribution in [0.3, 0.4) is 0 Å². The van der Waals surface area contributed by atoms with Crippen molar-refractivity contribution in [3.05, 3.63) is 35.9 Å². The van der Waals surface area contributed by atoms with Crippen LogP contribution < -0.4 is 5.32 Å². The Morgan fingerprint density at radius 3 is 2.56 bits per heavy atom. The van der Waals surface area contributed by atoms with Crippen LogP contribution in [0, 0.1) is 0 Å². The first-order chi connectivity index (χ1) is 8.79. The van der Waals surface area contributed by atoms with Gasteiger partial charge < -0.3 is 15.2 Å². The van der Waals surface area contributed by atoms with Gasteiger partial charge in [-0.3, -0.25) is 0 Å². The van der Waals surface area contributed by atoms with E-state index in [1.165, 1.54) is 0 Å². The van der Waals surface area contributed by atoms with Crippen molar-refractivity contribution in [2.75, 3.05) is 38.9 Å². The van der Waals surface area contributed by atoms with E-state index in [0.29, 0.717) is 0 Å². The number of hydrogen-bond donors (Lipinski definition) is 2. The van der Waals surface area contributed by atoms with Gasteiger partial charge in [0.1, 0.15) is 0 Å². The SMILES string of the molecule is CNC(CO)(CCSCCOC)c1ccccc1. The standard InChI is InChI=1S/C14H23NO2S/c1-15-14(12-16,8-10-18-11-9-17-2)13-6-4-3-5-7-13/h3-7,15-16H,8-12H2,1-2H3. The third kappa shape index (κ3) is 4.28. The van der Waals surface area contributed by atoms with Gasteiger partial charge in [0.2, 0.25) is 0 Å². The van der Waals surface area contributed by atoms with E-state index in [2.05, 4.69) is 17.4 Å². The predicted octanol–water partition coefficient (Wildman–Crippen LogP) is 1.86. The van der Waals surface area contributed by atoms with Gasteiger partial charge in [-0.15, -0.1) is 0 Å². The molecule has 0 heterocycles. The Balaban J connectivity index is 2.58. The minimum Gasteiger partial charge on any atom is -0.394 e. The van der Waals surface area contributed by atoms with Crippen LogP contribution in [-0.2, 0) is 10.3 Å². The number of ether oxygens (including phenoxy) is 1. The van der Waals surface area contributed by atoms with Gasteiger partial charge in [0.05, 0.1) is 18.8 Å². The van der Waals surface area contributed by atoms with Crippen molar-refractivity contribution in [2.45, 2.75) is 12.0 Å². The summed E-state index contributed by atoms with van der Waals surface area (Å²) < 4.78 is 5.03. The van der Waals surface area contributed by atoms with Crippen LogP contribution in [0.15, 0.2) is 30.3 Å². The van der Waals surface area contributed by atoms with Crippen LogP contribution >= 0.6 is 11.8 Å². The van der Waals surface area contributed by atoms with Gasteiger partial charge in [-0.2, -0.15) is 11.8 Å². The molecular weight excluding hydrogens is 246 g/mol. The first-order valence-electron chi connectivity index (χ1n) is 6.21. The minimum atomic E-state index is -0.332. The number of methoxy groups -OCH3 is 1. The zero-order valence-electron chi connectivity index (χ0n) is 11.2. The molecule has 18 heavy (non-hydrogen) atoms. The summed E-state index contributed by atoms with van der Waals surface area (Å²) in [6, 6.07) is 10.1. The first kappa shape index (κ1) is 15.5. The summed E-state index contributed by atoms with van der Waals surface area (Å²) >= 11 is 1.85. The number of nitrogens with one attached hydrogen (secondary N) is 1. The number of rotatable bonds is 9. The molecule has 0 radical (unpaired) electrons. The van der Waals surface area contributed by atoms with E-state index in [4.69, 9.17) is 4.74 Å². The molecule has 102 valence electrons. The van der Waals surface area contributed by atoms with Gasteiger partial charge in [0, 0.05) is 12.9 Å². The molecular formula is C14H23NO2S. The molecule has 0 bridgehead atoms. The summed E-state index contributed by atoms with van der Waals surface area (Å²) in [4.78, 5) is 0. The highest BCUT2D eigenvalue weighted by Gasteiger charge is 2.28. The normalized spacial score (nSPS) is 14.4. The second-order valence-electron chi connectivity index (χ2n) is 4.21. The monoisotopic (exact) mass is 269 g/mol. The Kier molecular flexibility index (Phi) is 7.35. The highest BCUT2D eigenvalue weighted by molar-refractivity contribution is 7.99. The number of aliphatic hydroxyl groups excluding tert-OH is 1. The van der Waals surface area contributed by atoms with E-state index in [-0.39, 0.29) is 12.1 Å². The van der Waals surface area contributed by atoms with Crippen molar-refractivity contribution in [3.8, 4) is 0 Å². The molecule has 1 aromatic rings. The van der Waals surface area contributed by atoms with E-state index < -0.39 is 0 Å². The molecule has 0 saturated heterocycles. The first-order valence-corrected chi connectivity index (χ1v) is 7.36. The van der Waals surface area contributed by atoms with Crippen molar-refractivity contribution in [2.24, 2.45) is 0 Å². The highest BCUT2D eigenvalue weighted by atomic mass is 32.2. The number of likely N-dealkylation sites (N-methyl/N-ethyl adjacent to an activating group) is 1. The van der Waals surface area contributed by atoms with Crippen LogP contribution in [0.5, 0.6) is 0 Å². The van der Waals surface area contributed by atoms with Crippen molar-refractivity contribution in [1.29, 1.82) is 0 Å². The minimum absolute atomic E-state index is 0.109. The molecule has 1 rings (SSSR count). The van der Waals surface area contributed by atoms with E-state index >= 15 is 0 Å². The molecule has 0 aliphatic rings. The summed E-state index contributed by atoms with van der Waals surface area (Å²) in [6.45, 7) is 0.889. The van der Waals surface area contributed by atoms with Crippen LogP contribution in [0.4, 0.5) is 0 Å². The zero-order valence-corrected chi connectivity index (χ0v) is 12.0. The summed E-state index contributed by atoms with van der Waals surface area (Å²) in [5, 5.41) is 13.0. The Labute approximate surface area is 114 Å². The van der Waals surface area contributed by atoms with Gasteiger partial charge in [-0.25, -0.2) is 0 Å². The molecule has 0 aromatic heterocycles. The van der Waals surface area contributed by atoms with Crippen molar-refractivity contribution < 1.29 is 9.84 Å². The molecule has 0 aliphatic carbocycles. The Bertz CT molecular complexity index is 315. The summed E-state index contributed by atoms with van der Waals surface area (Å²) in [7, 11) is 3.62. The van der Waals surface area contributed by atoms with Gasteiger partial charge >= 0.3 is 0 Å². The average Bonchev–Trinajstić information content (AvgIpc) is 2.44. The Morgan fingerprint density at radius 2 is 2.00 bits per heavy atom. The second kappa shape index (κ2) is 8.53. The number of benzene rings is 1. The summed E-state index contributed by atoms with van der Waals surface area (Å²) in [5.74, 6) is 2.00. The second-order valence-corrected chi connectivity index (χ2v) is 5.44. The fraction of sp³-hybridized carbons (Fsp3) is 0.571. The fourth-order valence-corrected chi connectivity index (χ4v) is 2.89. The van der Waals surface area contributed by atoms with Crippen LogP contribution in [0.25, 0.3) is 0 Å². The van der Waals surface area contributed by atoms with Gasteiger partial charge in [-0.05, 0) is 24.8 Å². The lowest BCUT2D eigenvalue weighted by molar-refractivity contribution is 0.165. The van der Waals surface area contributed by atoms with Crippen LogP contribution in [0.2, 0.25) is 0 Å². The van der Waals surface area contributed by atoms with Crippen LogP contribution in [0.1, 0.15) is 12.0 Å². The zero-order chi connectivity index (χ0) is 13.3. The smallest absolute Gasteiger partial charge is 0.0674 e. The van der Waals surface area contributed by atoms with Gasteiger partial charge in [0.25, 0.3) is 0 Å². The molecule has 4 heteroatoms. The summed E-state index contributed by atoms with van der Waals surface area (Å²) in [6.07, 6.45) is 0.901. The third-order valence-corrected chi connectivity index (χ3v) is 4.13. The molecule has 1 aromatic carbocycles. The quantitative estimate of drug-likeness (QED) is 0.672. The molecule has 1 atom stereocenters. The van der Waals surface area contributed by atoms with E-state index in [0.717, 1.165) is 30.1 Å². The molecule has 0 saturated carbocycles. The maximum atomic E-state index is 9.74. The number of thioether (sulfide) groups is 1. The molecule has 2 N–H and O–H groups in total. The third-order valence-electron chi connectivity index (χ3n) is 3.18. The van der Waals surface area contributed by atoms with Crippen molar-refractivity contribution in [1.82, 2.24) is 5.32 Å². The van der Waals surface area contributed by atoms with Crippen molar-refractivity contribution >= 4 is 11.8 Å². The Morgan fingerprint density at radius 1 is 1.28 bits per heavy atom. The lowest BCUT2D eigenvalue weighted by Crippen LogP contribution is -2.44. The highest BCUT2D eigenvalue weighted by Crippen LogP contribution is 2.26. The van der Waals surface area contributed by atoms with Crippen LogP contribution in [-0.4, -0.2) is 44.0 Å². The van der Waals surface area contributed by atoms with E-state index in [1.54, 1.807) is 7.11 Å². The topological polar surface area (TPSA) is 41.5 Å². The van der Waals surface area contributed by atoms with Crippen molar-refractivity contribution in [3.63, 3.8) is 0 Å². The van der Waals surface area contributed by atoms with Gasteiger partial charge in [0.15, 0.2) is 0 Å². The maximum Gasteiger partial charge on any atom is 0.0674 e. The lowest BCUT2D eigenvalue weighted by atomic mass is 9.88. The number of hydrogen-bond acceptors (Lipinski definition) is 4. The maximum absolute atomic E-state index is 9.74. The largest absolute Gasteiger partial charge is 0.394 e. The molecule has 0 amide bonds. The molecule has 0 aliphatic heterocycles. The summed E-state index contributed by atoms with van der Waals surface area (Å²) in [5.41, 5.74) is 0.809. The molecule has 3 nitrogen and oxygen atoms in total. The predicted molar refractivity (Wildman–Crippen MR) is 78.1 cm³/mol. The average molecular weight is 269 g/mol. The molecule has 0 spiro atoms.